The molecule has 0 bridgehead atoms. The lowest BCUT2D eigenvalue weighted by molar-refractivity contribution is -0.147. The van der Waals surface area contributed by atoms with Crippen molar-refractivity contribution in [2.75, 3.05) is 13.2 Å². The summed E-state index contributed by atoms with van der Waals surface area (Å²) >= 11 is 0. The summed E-state index contributed by atoms with van der Waals surface area (Å²) in [7, 11) is 0. The topological polar surface area (TPSA) is 89.9 Å². The maximum absolute atomic E-state index is 10.8. The van der Waals surface area contributed by atoms with Crippen molar-refractivity contribution in [2.45, 2.75) is 20.8 Å². The van der Waals surface area contributed by atoms with Crippen LogP contribution < -0.4 is 0 Å². The molecule has 0 unspecified atom stereocenters. The summed E-state index contributed by atoms with van der Waals surface area (Å²) in [5.41, 5.74) is 0.808. The van der Waals surface area contributed by atoms with Crippen molar-refractivity contribution in [3.05, 3.63) is 49.6 Å². The van der Waals surface area contributed by atoms with Crippen LogP contribution in [0.25, 0.3) is 0 Å². The van der Waals surface area contributed by atoms with Crippen LogP contribution in [0.3, 0.4) is 0 Å². The number of carbonyl (C=O) groups is 3. The predicted molar refractivity (Wildman–Crippen MR) is 85.2 cm³/mol. The molecule has 0 saturated carbocycles. The third-order valence-electron chi connectivity index (χ3n) is 1.61. The standard InChI is InChI=1S/C10H14O4.C4H6O2.C2H4/c1-7(2)9(11)13-5-6-14-10(12)8(3)4;1-3(2)4(5)6;1-2/h1,3,5-6H2,2,4H3;1H2,2H3,(H,5,6);1-2H2. The normalized spacial score (nSPS) is 7.95. The van der Waals surface area contributed by atoms with E-state index in [9.17, 15) is 14.4 Å². The maximum Gasteiger partial charge on any atom is 0.333 e. The Hall–Kier alpha value is -2.63. The molecule has 0 heterocycles. The zero-order valence-electron chi connectivity index (χ0n) is 13.4. The van der Waals surface area contributed by atoms with Crippen LogP contribution in [0, 0.1) is 0 Å². The summed E-state index contributed by atoms with van der Waals surface area (Å²) in [5, 5.41) is 7.89. The van der Waals surface area contributed by atoms with Gasteiger partial charge < -0.3 is 14.6 Å². The molecule has 0 spiro atoms. The van der Waals surface area contributed by atoms with Crippen molar-refractivity contribution in [2.24, 2.45) is 0 Å². The first-order chi connectivity index (χ1) is 10.1. The summed E-state index contributed by atoms with van der Waals surface area (Å²) in [5.74, 6) is -1.91. The summed E-state index contributed by atoms with van der Waals surface area (Å²) in [4.78, 5) is 31.3. The number of carbonyl (C=O) groups excluding carboxylic acids is 2. The second kappa shape index (κ2) is 14.8. The van der Waals surface area contributed by atoms with Crippen LogP contribution in [-0.4, -0.2) is 36.2 Å². The van der Waals surface area contributed by atoms with Crippen LogP contribution >= 0.6 is 0 Å². The molecule has 0 fully saturated rings. The largest absolute Gasteiger partial charge is 0.478 e. The smallest absolute Gasteiger partial charge is 0.333 e. The van der Waals surface area contributed by atoms with Crippen molar-refractivity contribution in [3.8, 4) is 0 Å². The molecular formula is C16H24O6. The van der Waals surface area contributed by atoms with Gasteiger partial charge in [0.15, 0.2) is 0 Å². The van der Waals surface area contributed by atoms with Gasteiger partial charge in [0.05, 0.1) is 0 Å². The molecule has 0 rings (SSSR count). The van der Waals surface area contributed by atoms with Crippen LogP contribution in [0.2, 0.25) is 0 Å². The van der Waals surface area contributed by atoms with E-state index in [0.717, 1.165) is 0 Å². The molecule has 1 N–H and O–H groups in total. The first-order valence-corrected chi connectivity index (χ1v) is 6.13. The van der Waals surface area contributed by atoms with Gasteiger partial charge in [0, 0.05) is 16.7 Å². The van der Waals surface area contributed by atoms with Crippen molar-refractivity contribution < 1.29 is 29.0 Å². The van der Waals surface area contributed by atoms with Crippen molar-refractivity contribution >= 4 is 17.9 Å². The van der Waals surface area contributed by atoms with E-state index in [0.29, 0.717) is 11.1 Å². The first kappa shape index (κ1) is 24.4. The van der Waals surface area contributed by atoms with Gasteiger partial charge in [0.25, 0.3) is 0 Å². The SMILES string of the molecule is C=C.C=C(C)C(=O)O.C=C(C)C(=O)OCCOC(=O)C(=C)C. The van der Waals surface area contributed by atoms with E-state index in [1.54, 1.807) is 13.8 Å². The van der Waals surface area contributed by atoms with Gasteiger partial charge in [0.2, 0.25) is 0 Å². The number of aliphatic carboxylic acids is 1. The minimum atomic E-state index is -0.935. The summed E-state index contributed by atoms with van der Waals surface area (Å²) in [6.45, 7) is 20.6. The van der Waals surface area contributed by atoms with Gasteiger partial charge in [-0.05, 0) is 20.8 Å². The van der Waals surface area contributed by atoms with Gasteiger partial charge in [-0.3, -0.25) is 0 Å². The average molecular weight is 312 g/mol. The van der Waals surface area contributed by atoms with Crippen LogP contribution in [0.1, 0.15) is 20.8 Å². The first-order valence-electron chi connectivity index (χ1n) is 6.13. The zero-order chi connectivity index (χ0) is 18.3. The monoisotopic (exact) mass is 312 g/mol. The molecule has 22 heavy (non-hydrogen) atoms. The number of hydrogen-bond acceptors (Lipinski definition) is 5. The molecule has 0 aliphatic carbocycles. The van der Waals surface area contributed by atoms with Crippen molar-refractivity contribution in [1.29, 1.82) is 0 Å². The Balaban J connectivity index is -0.000000378. The molecule has 0 aliphatic heterocycles. The fourth-order valence-corrected chi connectivity index (χ4v) is 0.515. The van der Waals surface area contributed by atoms with Crippen molar-refractivity contribution in [1.82, 2.24) is 0 Å². The molecule has 0 aromatic carbocycles. The Kier molecular flexibility index (Phi) is 16.4. The maximum atomic E-state index is 10.8. The van der Waals surface area contributed by atoms with Crippen LogP contribution in [0.15, 0.2) is 49.6 Å². The molecule has 124 valence electrons. The fraction of sp³-hybridized carbons (Fsp3) is 0.312. The number of rotatable bonds is 6. The van der Waals surface area contributed by atoms with Gasteiger partial charge in [0.1, 0.15) is 13.2 Å². The minimum Gasteiger partial charge on any atom is -0.478 e. The highest BCUT2D eigenvalue weighted by molar-refractivity contribution is 5.87. The summed E-state index contributed by atoms with van der Waals surface area (Å²) in [6, 6.07) is 0. The lowest BCUT2D eigenvalue weighted by atomic mass is 10.4. The van der Waals surface area contributed by atoms with Gasteiger partial charge in [-0.15, -0.1) is 13.2 Å². The van der Waals surface area contributed by atoms with E-state index < -0.39 is 17.9 Å². The molecule has 6 nitrogen and oxygen atoms in total. The molecule has 0 amide bonds. The van der Waals surface area contributed by atoms with E-state index in [1.807, 2.05) is 0 Å². The van der Waals surface area contributed by atoms with Crippen molar-refractivity contribution in [3.63, 3.8) is 0 Å². The third-order valence-corrected chi connectivity index (χ3v) is 1.61. The second-order valence-corrected chi connectivity index (χ2v) is 3.92. The quantitative estimate of drug-likeness (QED) is 0.351. The molecule has 0 atom stereocenters. The predicted octanol–water partition coefficient (Wildman–Crippen LogP) is 2.67. The Morgan fingerprint density at radius 2 is 1.00 bits per heavy atom. The third kappa shape index (κ3) is 17.4. The Morgan fingerprint density at radius 1 is 0.773 bits per heavy atom. The Labute approximate surface area is 131 Å². The lowest BCUT2D eigenvalue weighted by Crippen LogP contribution is -2.14. The number of carboxylic acid groups (broad SMARTS) is 1. The summed E-state index contributed by atoms with van der Waals surface area (Å²) < 4.78 is 9.38. The zero-order valence-corrected chi connectivity index (χ0v) is 13.4. The minimum absolute atomic E-state index is 0.0325. The number of carboxylic acids is 1. The molecule has 0 aliphatic rings. The number of ether oxygens (including phenoxy) is 2. The number of esters is 2. The van der Waals surface area contributed by atoms with Crippen LogP contribution in [-0.2, 0) is 23.9 Å². The van der Waals surface area contributed by atoms with Gasteiger partial charge >= 0.3 is 17.9 Å². The van der Waals surface area contributed by atoms with Crippen LogP contribution in [0.4, 0.5) is 0 Å². The van der Waals surface area contributed by atoms with Gasteiger partial charge in [-0.1, -0.05) is 19.7 Å². The van der Waals surface area contributed by atoms with E-state index in [2.05, 4.69) is 42.4 Å². The van der Waals surface area contributed by atoms with E-state index in [1.165, 1.54) is 6.92 Å². The summed E-state index contributed by atoms with van der Waals surface area (Å²) in [6.07, 6.45) is 0. The Bertz CT molecular complexity index is 394. The molecule has 0 aromatic heterocycles. The Morgan fingerprint density at radius 3 is 1.14 bits per heavy atom. The highest BCUT2D eigenvalue weighted by Crippen LogP contribution is 1.94. The second-order valence-electron chi connectivity index (χ2n) is 3.92. The van der Waals surface area contributed by atoms with Gasteiger partial charge in [-0.25, -0.2) is 14.4 Å². The average Bonchev–Trinajstić information content (AvgIpc) is 2.45. The highest BCUT2D eigenvalue weighted by Gasteiger charge is 2.05. The van der Waals surface area contributed by atoms with Crippen LogP contribution in [0.5, 0.6) is 0 Å². The van der Waals surface area contributed by atoms with E-state index in [-0.39, 0.29) is 18.8 Å². The van der Waals surface area contributed by atoms with E-state index >= 15 is 0 Å². The molecular weight excluding hydrogens is 288 g/mol. The van der Waals surface area contributed by atoms with Gasteiger partial charge in [-0.2, -0.15) is 0 Å². The lowest BCUT2D eigenvalue weighted by Gasteiger charge is -2.05. The molecule has 0 saturated heterocycles. The fourth-order valence-electron chi connectivity index (χ4n) is 0.515. The molecule has 0 aromatic rings. The number of hydrogen-bond donors (Lipinski definition) is 1. The molecule has 6 heteroatoms. The van der Waals surface area contributed by atoms with E-state index in [4.69, 9.17) is 5.11 Å². The molecule has 0 radical (unpaired) electrons. The highest BCUT2D eigenvalue weighted by atomic mass is 16.6.